The zero-order chi connectivity index (χ0) is 24.8. The van der Waals surface area contributed by atoms with E-state index < -0.39 is 6.10 Å². The number of aliphatic hydroxyl groups is 1. The van der Waals surface area contributed by atoms with E-state index in [9.17, 15) is 14.7 Å². The number of ether oxygens (including phenoxy) is 1. The van der Waals surface area contributed by atoms with Gasteiger partial charge in [-0.3, -0.25) is 9.59 Å². The smallest absolute Gasteiger partial charge is 0.309 e. The Labute approximate surface area is 204 Å². The average molecular weight is 467 g/mol. The maximum atomic E-state index is 13.2. The zero-order valence-electron chi connectivity index (χ0n) is 22.0. The molecule has 3 fully saturated rings. The third-order valence-electron chi connectivity index (χ3n) is 11.2. The highest BCUT2D eigenvalue weighted by atomic mass is 16.5. The maximum Gasteiger partial charge on any atom is 0.309 e. The molecule has 4 nitrogen and oxygen atoms in total. The van der Waals surface area contributed by atoms with Crippen molar-refractivity contribution in [3.05, 3.63) is 34.9 Å². The van der Waals surface area contributed by atoms with Crippen molar-refractivity contribution in [1.82, 2.24) is 0 Å². The van der Waals surface area contributed by atoms with Crippen LogP contribution in [0.1, 0.15) is 87.0 Å². The highest BCUT2D eigenvalue weighted by molar-refractivity contribution is 5.86. The molecular weight excluding hydrogens is 424 g/mol. The predicted octanol–water partition coefficient (Wildman–Crippen LogP) is 5.95. The minimum absolute atomic E-state index is 0.0222. The van der Waals surface area contributed by atoms with Crippen LogP contribution in [0, 0.1) is 39.4 Å². The van der Waals surface area contributed by atoms with Crippen molar-refractivity contribution in [2.45, 2.75) is 99.2 Å². The van der Waals surface area contributed by atoms with Crippen LogP contribution in [0.3, 0.4) is 0 Å². The third-order valence-corrected chi connectivity index (χ3v) is 11.2. The van der Waals surface area contributed by atoms with Crippen LogP contribution < -0.4 is 0 Å². The summed E-state index contributed by atoms with van der Waals surface area (Å²) in [5, 5.41) is 10.6. The molecule has 34 heavy (non-hydrogen) atoms. The van der Waals surface area contributed by atoms with Crippen molar-refractivity contribution in [2.24, 2.45) is 39.4 Å². The fraction of sp³-hybridized carbons (Fsp3) is 0.733. The fourth-order valence-corrected chi connectivity index (χ4v) is 9.00. The second kappa shape index (κ2) is 7.41. The molecule has 4 heteroatoms. The lowest BCUT2D eigenvalue weighted by Gasteiger charge is -2.59. The summed E-state index contributed by atoms with van der Waals surface area (Å²) in [6, 6.07) is 0. The molecule has 2 saturated carbocycles. The van der Waals surface area contributed by atoms with Gasteiger partial charge < -0.3 is 9.84 Å². The number of fused-ring (bicyclic) bond motifs is 9. The first-order valence-electron chi connectivity index (χ1n) is 13.3. The molecule has 4 aliphatic carbocycles. The SMILES string of the molecule is CC(C)=C[C@H](O)C[C@@H]1C(=O)OC2C[C@H]1[C@]1(C)CC=C3C(=CC[C@H]4C(C)(C)C(=O)CC[C@]34C)[C@@]21C. The first-order chi connectivity index (χ1) is 15.8. The van der Waals surface area contributed by atoms with Crippen LogP contribution >= 0.6 is 0 Å². The van der Waals surface area contributed by atoms with Gasteiger partial charge in [-0.1, -0.05) is 58.4 Å². The summed E-state index contributed by atoms with van der Waals surface area (Å²) in [5.74, 6) is 0.480. The van der Waals surface area contributed by atoms with E-state index in [0.717, 1.165) is 31.3 Å². The number of hydrogen-bond acceptors (Lipinski definition) is 4. The predicted molar refractivity (Wildman–Crippen MR) is 133 cm³/mol. The van der Waals surface area contributed by atoms with Crippen LogP contribution in [0.25, 0.3) is 0 Å². The maximum absolute atomic E-state index is 13.2. The van der Waals surface area contributed by atoms with E-state index in [1.54, 1.807) is 0 Å². The Morgan fingerprint density at radius 3 is 2.53 bits per heavy atom. The van der Waals surface area contributed by atoms with Gasteiger partial charge in [-0.15, -0.1) is 0 Å². The Bertz CT molecular complexity index is 1030. The average Bonchev–Trinajstić information content (AvgIpc) is 2.93. The highest BCUT2D eigenvalue weighted by Crippen LogP contribution is 2.73. The third kappa shape index (κ3) is 2.93. The first kappa shape index (κ1) is 24.0. The molecule has 0 spiro atoms. The first-order valence-corrected chi connectivity index (χ1v) is 13.3. The second-order valence-corrected chi connectivity index (χ2v) is 13.3. The summed E-state index contributed by atoms with van der Waals surface area (Å²) in [6.07, 6.45) is 10.6. The van der Waals surface area contributed by atoms with Crippen molar-refractivity contribution in [3.8, 4) is 0 Å². The largest absolute Gasteiger partial charge is 0.461 e. The lowest BCUT2D eigenvalue weighted by Crippen LogP contribution is -2.54. The van der Waals surface area contributed by atoms with Crippen LogP contribution in [0.2, 0.25) is 0 Å². The summed E-state index contributed by atoms with van der Waals surface area (Å²) in [7, 11) is 0. The molecule has 5 rings (SSSR count). The summed E-state index contributed by atoms with van der Waals surface area (Å²) in [6.45, 7) is 15.3. The quantitative estimate of drug-likeness (QED) is 0.412. The normalized spacial score (nSPS) is 45.2. The number of Topliss-reactive ketones (excluding diaryl/α,β-unsaturated/α-hetero) is 1. The van der Waals surface area contributed by atoms with Gasteiger partial charge in [-0.2, -0.15) is 0 Å². The number of carbonyl (C=O) groups is 2. The number of aliphatic hydroxyl groups excluding tert-OH is 1. The summed E-state index contributed by atoms with van der Waals surface area (Å²) < 4.78 is 6.22. The topological polar surface area (TPSA) is 63.6 Å². The number of carbonyl (C=O) groups excluding carboxylic acids is 2. The van der Waals surface area contributed by atoms with Crippen LogP contribution in [0.15, 0.2) is 34.9 Å². The van der Waals surface area contributed by atoms with Crippen molar-refractivity contribution in [1.29, 1.82) is 0 Å². The van der Waals surface area contributed by atoms with Crippen LogP contribution in [0.4, 0.5) is 0 Å². The van der Waals surface area contributed by atoms with E-state index in [-0.39, 0.29) is 45.6 Å². The van der Waals surface area contributed by atoms with Gasteiger partial charge in [0.2, 0.25) is 0 Å². The van der Waals surface area contributed by atoms with Crippen molar-refractivity contribution < 1.29 is 19.4 Å². The Balaban J connectivity index is 1.55. The number of hydrogen-bond donors (Lipinski definition) is 1. The van der Waals surface area contributed by atoms with Gasteiger partial charge in [0.15, 0.2) is 0 Å². The highest BCUT2D eigenvalue weighted by Gasteiger charge is 2.70. The van der Waals surface area contributed by atoms with Crippen LogP contribution in [-0.4, -0.2) is 29.1 Å². The molecule has 186 valence electrons. The molecule has 1 heterocycles. The number of allylic oxidation sites excluding steroid dienone is 4. The lowest BCUT2D eigenvalue weighted by atomic mass is 9.44. The summed E-state index contributed by atoms with van der Waals surface area (Å²) in [4.78, 5) is 26.1. The second-order valence-electron chi connectivity index (χ2n) is 13.3. The molecule has 0 aromatic rings. The molecule has 0 aromatic heterocycles. The summed E-state index contributed by atoms with van der Waals surface area (Å²) in [5.41, 5.74) is 3.16. The Morgan fingerprint density at radius 2 is 1.85 bits per heavy atom. The minimum atomic E-state index is -0.625. The Morgan fingerprint density at radius 1 is 1.15 bits per heavy atom. The van der Waals surface area contributed by atoms with Gasteiger partial charge in [0.1, 0.15) is 11.9 Å². The molecule has 5 aliphatic rings. The molecule has 1 unspecified atom stereocenters. The van der Waals surface area contributed by atoms with Crippen LogP contribution in [-0.2, 0) is 14.3 Å². The monoisotopic (exact) mass is 466 g/mol. The molecule has 1 aliphatic heterocycles. The van der Waals surface area contributed by atoms with Crippen LogP contribution in [0.5, 0.6) is 0 Å². The number of esters is 1. The van der Waals surface area contributed by atoms with E-state index in [4.69, 9.17) is 4.74 Å². The van der Waals surface area contributed by atoms with Crippen molar-refractivity contribution in [2.75, 3.05) is 0 Å². The Hall–Kier alpha value is -1.68. The number of ketones is 1. The molecular formula is C30H42O4. The van der Waals surface area contributed by atoms with E-state index in [0.29, 0.717) is 24.5 Å². The minimum Gasteiger partial charge on any atom is -0.461 e. The van der Waals surface area contributed by atoms with Gasteiger partial charge in [0.25, 0.3) is 0 Å². The van der Waals surface area contributed by atoms with Gasteiger partial charge in [0.05, 0.1) is 12.0 Å². The Kier molecular flexibility index (Phi) is 5.24. The molecule has 1 N–H and O–H groups in total. The molecule has 8 atom stereocenters. The summed E-state index contributed by atoms with van der Waals surface area (Å²) >= 11 is 0. The molecule has 2 bridgehead atoms. The van der Waals surface area contributed by atoms with Crippen molar-refractivity contribution in [3.63, 3.8) is 0 Å². The van der Waals surface area contributed by atoms with Gasteiger partial charge in [-0.05, 0) is 79.8 Å². The van der Waals surface area contributed by atoms with Gasteiger partial charge in [-0.25, -0.2) is 0 Å². The molecule has 1 saturated heterocycles. The van der Waals surface area contributed by atoms with E-state index in [1.807, 2.05) is 19.9 Å². The molecule has 0 amide bonds. The zero-order valence-corrected chi connectivity index (χ0v) is 22.0. The van der Waals surface area contributed by atoms with Gasteiger partial charge >= 0.3 is 5.97 Å². The standard InChI is InChI=1S/C30H42O4/c1-17(2)14-18(31)15-19-22-16-25(34-26(19)33)30(7)21-8-9-23-27(3,4)24(32)11-12-28(23,5)20(21)10-13-29(22,30)6/h8,10,14,18-19,22-23,25,31H,9,11-13,15-16H2,1-7H3/t18-,19-,22+,23-,25?,28+,29-,30-/m0/s1. The van der Waals surface area contributed by atoms with E-state index in [1.165, 1.54) is 11.1 Å². The fourth-order valence-electron chi connectivity index (χ4n) is 9.00. The van der Waals surface area contributed by atoms with E-state index in [2.05, 4.69) is 46.8 Å². The number of rotatable bonds is 3. The molecule has 0 radical (unpaired) electrons. The van der Waals surface area contributed by atoms with E-state index >= 15 is 0 Å². The van der Waals surface area contributed by atoms with Crippen molar-refractivity contribution >= 4 is 11.8 Å². The van der Waals surface area contributed by atoms with Gasteiger partial charge in [0, 0.05) is 17.3 Å². The lowest BCUT2D eigenvalue weighted by molar-refractivity contribution is -0.164. The molecule has 0 aromatic carbocycles.